The smallest absolute Gasteiger partial charge is 0.162 e. The molecule has 18 heavy (non-hydrogen) atoms. The summed E-state index contributed by atoms with van der Waals surface area (Å²) in [6.45, 7) is 9.63. The Morgan fingerprint density at radius 2 is 1.83 bits per heavy atom. The van der Waals surface area contributed by atoms with Crippen molar-refractivity contribution in [3.63, 3.8) is 0 Å². The molecule has 1 aromatic carbocycles. The Kier molecular flexibility index (Phi) is 4.05. The predicted molar refractivity (Wildman–Crippen MR) is 72.5 cm³/mol. The lowest BCUT2D eigenvalue weighted by Gasteiger charge is -2.36. The Hall–Kier alpha value is -0.900. The van der Waals surface area contributed by atoms with Crippen molar-refractivity contribution in [2.75, 3.05) is 13.2 Å². The van der Waals surface area contributed by atoms with Crippen molar-refractivity contribution in [2.24, 2.45) is 0 Å². The van der Waals surface area contributed by atoms with Crippen molar-refractivity contribution in [3.05, 3.63) is 35.4 Å². The van der Waals surface area contributed by atoms with E-state index >= 15 is 0 Å². The third-order valence-corrected chi connectivity index (χ3v) is 3.40. The van der Waals surface area contributed by atoms with E-state index in [9.17, 15) is 0 Å². The SMILES string of the molecule is Cc1ccccc1[C@@H](C)NC1COC(C)(C)OC1. The number of hydrogen-bond donors (Lipinski definition) is 1. The van der Waals surface area contributed by atoms with Crippen molar-refractivity contribution < 1.29 is 9.47 Å². The molecule has 1 aliphatic heterocycles. The van der Waals surface area contributed by atoms with E-state index in [2.05, 4.69) is 43.4 Å². The number of hydrogen-bond acceptors (Lipinski definition) is 3. The van der Waals surface area contributed by atoms with Crippen LogP contribution in [-0.2, 0) is 9.47 Å². The summed E-state index contributed by atoms with van der Waals surface area (Å²) in [5.41, 5.74) is 2.65. The first-order chi connectivity index (χ1) is 8.48. The molecule has 3 heteroatoms. The number of aryl methyl sites for hydroxylation is 1. The van der Waals surface area contributed by atoms with Gasteiger partial charge in [0.2, 0.25) is 0 Å². The maximum atomic E-state index is 5.66. The molecule has 0 radical (unpaired) electrons. The average Bonchev–Trinajstić information content (AvgIpc) is 2.32. The summed E-state index contributed by atoms with van der Waals surface area (Å²) in [6.07, 6.45) is 0. The van der Waals surface area contributed by atoms with Crippen molar-refractivity contribution in [1.29, 1.82) is 0 Å². The van der Waals surface area contributed by atoms with Crippen LogP contribution in [0.3, 0.4) is 0 Å². The number of nitrogens with one attached hydrogen (secondary N) is 1. The van der Waals surface area contributed by atoms with Crippen LogP contribution < -0.4 is 5.32 Å². The fraction of sp³-hybridized carbons (Fsp3) is 0.600. The molecule has 1 aromatic rings. The topological polar surface area (TPSA) is 30.5 Å². The quantitative estimate of drug-likeness (QED) is 0.893. The summed E-state index contributed by atoms with van der Waals surface area (Å²) in [5.74, 6) is -0.440. The first-order valence-electron chi connectivity index (χ1n) is 6.57. The monoisotopic (exact) mass is 249 g/mol. The molecule has 0 spiro atoms. The molecule has 100 valence electrons. The second kappa shape index (κ2) is 5.39. The van der Waals surface area contributed by atoms with Gasteiger partial charge < -0.3 is 14.8 Å². The van der Waals surface area contributed by atoms with Crippen LogP contribution in [0.1, 0.15) is 37.9 Å². The fourth-order valence-corrected chi connectivity index (χ4v) is 2.30. The number of ether oxygens (including phenoxy) is 2. The molecule has 3 nitrogen and oxygen atoms in total. The van der Waals surface area contributed by atoms with E-state index in [1.807, 2.05) is 13.8 Å². The highest BCUT2D eigenvalue weighted by molar-refractivity contribution is 5.28. The van der Waals surface area contributed by atoms with Gasteiger partial charge in [-0.05, 0) is 38.8 Å². The van der Waals surface area contributed by atoms with Crippen LogP contribution in [-0.4, -0.2) is 25.0 Å². The second-order valence-electron chi connectivity index (χ2n) is 5.46. The summed E-state index contributed by atoms with van der Waals surface area (Å²) in [4.78, 5) is 0. The summed E-state index contributed by atoms with van der Waals surface area (Å²) in [5, 5.41) is 3.56. The van der Waals surface area contributed by atoms with Crippen LogP contribution >= 0.6 is 0 Å². The van der Waals surface area contributed by atoms with Gasteiger partial charge in [0.15, 0.2) is 5.79 Å². The molecule has 0 unspecified atom stereocenters. The van der Waals surface area contributed by atoms with E-state index in [1.165, 1.54) is 11.1 Å². The standard InChI is InChI=1S/C15H23NO2/c1-11-7-5-6-8-14(11)12(2)16-13-9-17-15(3,4)18-10-13/h5-8,12-13,16H,9-10H2,1-4H3/t12-/m1/s1. The van der Waals surface area contributed by atoms with Crippen LogP contribution in [0.2, 0.25) is 0 Å². The van der Waals surface area contributed by atoms with Gasteiger partial charge >= 0.3 is 0 Å². The van der Waals surface area contributed by atoms with Gasteiger partial charge in [-0.2, -0.15) is 0 Å². The Morgan fingerprint density at radius 1 is 1.22 bits per heavy atom. The summed E-state index contributed by atoms with van der Waals surface area (Å²) >= 11 is 0. The van der Waals surface area contributed by atoms with E-state index in [0.29, 0.717) is 19.3 Å². The van der Waals surface area contributed by atoms with E-state index < -0.39 is 5.79 Å². The second-order valence-corrected chi connectivity index (χ2v) is 5.46. The predicted octanol–water partition coefficient (Wildman–Crippen LogP) is 2.80. The lowest BCUT2D eigenvalue weighted by molar-refractivity contribution is -0.253. The zero-order valence-corrected chi connectivity index (χ0v) is 11.7. The molecule has 1 saturated heterocycles. The van der Waals surface area contributed by atoms with Gasteiger partial charge in [0.25, 0.3) is 0 Å². The van der Waals surface area contributed by atoms with Crippen LogP contribution in [0.25, 0.3) is 0 Å². The molecular formula is C15H23NO2. The van der Waals surface area contributed by atoms with Crippen molar-refractivity contribution >= 4 is 0 Å². The van der Waals surface area contributed by atoms with Gasteiger partial charge in [0, 0.05) is 6.04 Å². The summed E-state index contributed by atoms with van der Waals surface area (Å²) in [6, 6.07) is 9.03. The molecule has 0 aliphatic carbocycles. The maximum Gasteiger partial charge on any atom is 0.162 e. The minimum Gasteiger partial charge on any atom is -0.349 e. The molecule has 1 atom stereocenters. The minimum absolute atomic E-state index is 0.257. The molecule has 0 bridgehead atoms. The van der Waals surface area contributed by atoms with Gasteiger partial charge in [-0.3, -0.25) is 0 Å². The maximum absolute atomic E-state index is 5.66. The third-order valence-electron chi connectivity index (χ3n) is 3.40. The van der Waals surface area contributed by atoms with E-state index in [-0.39, 0.29) is 6.04 Å². The molecule has 1 N–H and O–H groups in total. The third kappa shape index (κ3) is 3.31. The Morgan fingerprint density at radius 3 is 2.44 bits per heavy atom. The lowest BCUT2D eigenvalue weighted by atomic mass is 10.0. The Labute approximate surface area is 109 Å². The van der Waals surface area contributed by atoms with E-state index in [1.54, 1.807) is 0 Å². The van der Waals surface area contributed by atoms with Gasteiger partial charge in [-0.1, -0.05) is 24.3 Å². The highest BCUT2D eigenvalue weighted by atomic mass is 16.7. The molecule has 0 saturated carbocycles. The highest BCUT2D eigenvalue weighted by Crippen LogP contribution is 2.21. The van der Waals surface area contributed by atoms with Gasteiger partial charge in [0.05, 0.1) is 19.3 Å². The highest BCUT2D eigenvalue weighted by Gasteiger charge is 2.28. The van der Waals surface area contributed by atoms with Crippen molar-refractivity contribution in [2.45, 2.75) is 45.6 Å². The van der Waals surface area contributed by atoms with Crippen molar-refractivity contribution in [3.8, 4) is 0 Å². The Bertz CT molecular complexity index is 393. The first-order valence-corrected chi connectivity index (χ1v) is 6.57. The molecule has 1 aliphatic rings. The minimum atomic E-state index is -0.440. The normalized spacial score (nSPS) is 21.8. The first kappa shape index (κ1) is 13.5. The van der Waals surface area contributed by atoms with Crippen LogP contribution in [0, 0.1) is 6.92 Å². The number of benzene rings is 1. The molecule has 1 heterocycles. The summed E-state index contributed by atoms with van der Waals surface area (Å²) in [7, 11) is 0. The van der Waals surface area contributed by atoms with Crippen LogP contribution in [0.15, 0.2) is 24.3 Å². The van der Waals surface area contributed by atoms with Gasteiger partial charge in [-0.25, -0.2) is 0 Å². The molecule has 2 rings (SSSR count). The van der Waals surface area contributed by atoms with Gasteiger partial charge in [0.1, 0.15) is 0 Å². The zero-order valence-electron chi connectivity index (χ0n) is 11.7. The largest absolute Gasteiger partial charge is 0.349 e. The van der Waals surface area contributed by atoms with Crippen LogP contribution in [0.5, 0.6) is 0 Å². The zero-order chi connectivity index (χ0) is 13.2. The van der Waals surface area contributed by atoms with E-state index in [0.717, 1.165) is 0 Å². The summed E-state index contributed by atoms with van der Waals surface area (Å²) < 4.78 is 11.3. The van der Waals surface area contributed by atoms with Gasteiger partial charge in [-0.15, -0.1) is 0 Å². The van der Waals surface area contributed by atoms with Crippen LogP contribution in [0.4, 0.5) is 0 Å². The molecule has 0 amide bonds. The average molecular weight is 249 g/mol. The van der Waals surface area contributed by atoms with Crippen molar-refractivity contribution in [1.82, 2.24) is 5.32 Å². The Balaban J connectivity index is 1.93. The number of rotatable bonds is 3. The lowest BCUT2D eigenvalue weighted by Crippen LogP contribution is -2.49. The molecule has 0 aromatic heterocycles. The molecular weight excluding hydrogens is 226 g/mol. The fourth-order valence-electron chi connectivity index (χ4n) is 2.30. The molecule has 1 fully saturated rings. The van der Waals surface area contributed by atoms with E-state index in [4.69, 9.17) is 9.47 Å².